The smallest absolute Gasteiger partial charge is 0.0648 e. The summed E-state index contributed by atoms with van der Waals surface area (Å²) < 4.78 is 1.02. The minimum atomic E-state index is 0.385. The molecule has 0 aliphatic heterocycles. The average Bonchev–Trinajstić information content (AvgIpc) is 3.11. The first-order valence-corrected chi connectivity index (χ1v) is 9.04. The van der Waals surface area contributed by atoms with Gasteiger partial charge in [-0.15, -0.1) is 11.3 Å². The van der Waals surface area contributed by atoms with Gasteiger partial charge >= 0.3 is 0 Å². The molecular formula is C16H17BrClNS. The summed E-state index contributed by atoms with van der Waals surface area (Å²) in [7, 11) is 0. The molecule has 0 bridgehead atoms. The third-order valence-electron chi connectivity index (χ3n) is 3.96. The number of thiophene rings is 1. The van der Waals surface area contributed by atoms with E-state index in [1.54, 1.807) is 0 Å². The van der Waals surface area contributed by atoms with Gasteiger partial charge in [0, 0.05) is 9.35 Å². The van der Waals surface area contributed by atoms with Crippen molar-refractivity contribution in [3.05, 3.63) is 50.1 Å². The van der Waals surface area contributed by atoms with Crippen LogP contribution in [0, 0.1) is 5.92 Å². The number of hydrogen-bond acceptors (Lipinski definition) is 2. The summed E-state index contributed by atoms with van der Waals surface area (Å²) in [5.74, 6) is 0.716. The van der Waals surface area contributed by atoms with Crippen LogP contribution < -0.4 is 5.32 Å². The van der Waals surface area contributed by atoms with Crippen molar-refractivity contribution in [3.8, 4) is 0 Å². The van der Waals surface area contributed by atoms with Crippen LogP contribution in [-0.2, 0) is 0 Å². The Morgan fingerprint density at radius 3 is 2.70 bits per heavy atom. The van der Waals surface area contributed by atoms with Gasteiger partial charge in [-0.25, -0.2) is 0 Å². The summed E-state index contributed by atoms with van der Waals surface area (Å²) in [5.41, 5.74) is 1.03. The van der Waals surface area contributed by atoms with Gasteiger partial charge < -0.3 is 5.32 Å². The van der Waals surface area contributed by atoms with E-state index < -0.39 is 0 Å². The van der Waals surface area contributed by atoms with Crippen LogP contribution in [0.3, 0.4) is 0 Å². The fraction of sp³-hybridized carbons (Fsp3) is 0.375. The maximum Gasteiger partial charge on any atom is 0.0648 e. The van der Waals surface area contributed by atoms with Gasteiger partial charge in [0.05, 0.1) is 16.8 Å². The zero-order valence-electron chi connectivity index (χ0n) is 11.1. The molecule has 1 fully saturated rings. The minimum absolute atomic E-state index is 0.385. The van der Waals surface area contributed by atoms with Crippen LogP contribution in [0.2, 0.25) is 5.02 Å². The predicted molar refractivity (Wildman–Crippen MR) is 91.8 cm³/mol. The summed E-state index contributed by atoms with van der Waals surface area (Å²) in [4.78, 5) is 1.41. The quantitative estimate of drug-likeness (QED) is 0.647. The second kappa shape index (κ2) is 6.50. The van der Waals surface area contributed by atoms with Crippen molar-refractivity contribution in [2.45, 2.75) is 31.7 Å². The molecule has 1 aromatic carbocycles. The Hall–Kier alpha value is -0.510. The van der Waals surface area contributed by atoms with Gasteiger partial charge in [0.2, 0.25) is 0 Å². The van der Waals surface area contributed by atoms with E-state index in [4.69, 9.17) is 11.6 Å². The molecule has 1 heterocycles. The molecule has 1 aliphatic carbocycles. The zero-order chi connectivity index (χ0) is 13.9. The van der Waals surface area contributed by atoms with Crippen molar-refractivity contribution in [1.29, 1.82) is 0 Å². The van der Waals surface area contributed by atoms with Crippen LogP contribution in [0.25, 0.3) is 0 Å². The SMILES string of the molecule is Clc1cc(Br)ccc1NC(c1cccs1)C1CCCC1. The normalized spacial score (nSPS) is 17.3. The van der Waals surface area contributed by atoms with Crippen LogP contribution in [0.15, 0.2) is 40.2 Å². The Kier molecular flexibility index (Phi) is 4.69. The van der Waals surface area contributed by atoms with Crippen LogP contribution in [0.1, 0.15) is 36.6 Å². The molecule has 1 atom stereocenters. The highest BCUT2D eigenvalue weighted by atomic mass is 79.9. The molecule has 0 saturated heterocycles. The van der Waals surface area contributed by atoms with E-state index in [1.807, 2.05) is 23.5 Å². The van der Waals surface area contributed by atoms with Gasteiger partial charge in [-0.05, 0) is 48.4 Å². The number of hydrogen-bond donors (Lipinski definition) is 1. The van der Waals surface area contributed by atoms with E-state index in [2.05, 4.69) is 44.8 Å². The van der Waals surface area contributed by atoms with Crippen molar-refractivity contribution in [2.24, 2.45) is 5.92 Å². The van der Waals surface area contributed by atoms with Gasteiger partial charge in [-0.3, -0.25) is 0 Å². The molecular weight excluding hydrogens is 354 g/mol. The summed E-state index contributed by atoms with van der Waals surface area (Å²) >= 11 is 11.6. The molecule has 0 amide bonds. The van der Waals surface area contributed by atoms with Gasteiger partial charge in [0.1, 0.15) is 0 Å². The Labute approximate surface area is 137 Å². The first kappa shape index (κ1) is 14.4. The largest absolute Gasteiger partial charge is 0.376 e. The lowest BCUT2D eigenvalue weighted by Gasteiger charge is -2.25. The van der Waals surface area contributed by atoms with Gasteiger partial charge in [-0.1, -0.05) is 46.4 Å². The van der Waals surface area contributed by atoms with Crippen LogP contribution >= 0.6 is 38.9 Å². The van der Waals surface area contributed by atoms with E-state index >= 15 is 0 Å². The van der Waals surface area contributed by atoms with E-state index in [9.17, 15) is 0 Å². The van der Waals surface area contributed by atoms with Crippen molar-refractivity contribution >= 4 is 44.6 Å². The van der Waals surface area contributed by atoms with Crippen LogP contribution in [0.5, 0.6) is 0 Å². The third kappa shape index (κ3) is 3.21. The lowest BCUT2D eigenvalue weighted by molar-refractivity contribution is 0.475. The van der Waals surface area contributed by atoms with Crippen LogP contribution in [-0.4, -0.2) is 0 Å². The standard InChI is InChI=1S/C16H17BrClNS/c17-12-7-8-14(13(18)10-12)19-16(11-4-1-2-5-11)15-6-3-9-20-15/h3,6-11,16,19H,1-2,4-5H2. The highest BCUT2D eigenvalue weighted by molar-refractivity contribution is 9.10. The molecule has 2 aromatic rings. The summed E-state index contributed by atoms with van der Waals surface area (Å²) in [6.07, 6.45) is 5.32. The molecule has 1 N–H and O–H groups in total. The summed E-state index contributed by atoms with van der Waals surface area (Å²) in [5, 5.41) is 6.61. The minimum Gasteiger partial charge on any atom is -0.376 e. The molecule has 3 rings (SSSR count). The third-order valence-corrected chi connectivity index (χ3v) is 5.72. The second-order valence-corrected chi connectivity index (χ2v) is 7.61. The predicted octanol–water partition coefficient (Wildman–Crippen LogP) is 6.51. The zero-order valence-corrected chi connectivity index (χ0v) is 14.3. The van der Waals surface area contributed by atoms with Gasteiger partial charge in [-0.2, -0.15) is 0 Å². The monoisotopic (exact) mass is 369 g/mol. The number of benzene rings is 1. The molecule has 0 radical (unpaired) electrons. The van der Waals surface area contributed by atoms with E-state index in [0.29, 0.717) is 12.0 Å². The first-order valence-electron chi connectivity index (χ1n) is 6.99. The highest BCUT2D eigenvalue weighted by Crippen LogP contribution is 2.40. The topological polar surface area (TPSA) is 12.0 Å². The van der Waals surface area contributed by atoms with Gasteiger partial charge in [0.15, 0.2) is 0 Å². The summed E-state index contributed by atoms with van der Waals surface area (Å²) in [6, 6.07) is 10.8. The number of rotatable bonds is 4. The molecule has 20 heavy (non-hydrogen) atoms. The van der Waals surface area contributed by atoms with Crippen molar-refractivity contribution in [2.75, 3.05) is 5.32 Å². The molecule has 1 unspecified atom stereocenters. The van der Waals surface area contributed by atoms with Crippen molar-refractivity contribution < 1.29 is 0 Å². The molecule has 1 nitrogen and oxygen atoms in total. The Morgan fingerprint density at radius 2 is 2.05 bits per heavy atom. The summed E-state index contributed by atoms with van der Waals surface area (Å²) in [6.45, 7) is 0. The number of nitrogens with one attached hydrogen (secondary N) is 1. The van der Waals surface area contributed by atoms with Gasteiger partial charge in [0.25, 0.3) is 0 Å². The highest BCUT2D eigenvalue weighted by Gasteiger charge is 2.27. The number of halogens is 2. The molecule has 106 valence electrons. The Bertz CT molecular complexity index is 564. The molecule has 0 spiro atoms. The Morgan fingerprint density at radius 1 is 1.25 bits per heavy atom. The lowest BCUT2D eigenvalue weighted by atomic mass is 9.96. The fourth-order valence-corrected chi connectivity index (χ4v) is 4.55. The fourth-order valence-electron chi connectivity index (χ4n) is 2.95. The van der Waals surface area contributed by atoms with E-state index in [0.717, 1.165) is 15.2 Å². The van der Waals surface area contributed by atoms with E-state index in [-0.39, 0.29) is 0 Å². The first-order chi connectivity index (χ1) is 9.74. The maximum absolute atomic E-state index is 6.35. The van der Waals surface area contributed by atoms with Crippen molar-refractivity contribution in [3.63, 3.8) is 0 Å². The lowest BCUT2D eigenvalue weighted by Crippen LogP contribution is -2.18. The van der Waals surface area contributed by atoms with E-state index in [1.165, 1.54) is 30.6 Å². The molecule has 4 heteroatoms. The average molecular weight is 371 g/mol. The van der Waals surface area contributed by atoms with Crippen molar-refractivity contribution in [1.82, 2.24) is 0 Å². The molecule has 1 aromatic heterocycles. The molecule has 1 saturated carbocycles. The maximum atomic E-state index is 6.35. The number of anilines is 1. The second-order valence-electron chi connectivity index (χ2n) is 5.31. The van der Waals surface area contributed by atoms with Crippen LogP contribution in [0.4, 0.5) is 5.69 Å². The molecule has 1 aliphatic rings. The Balaban J connectivity index is 1.86.